The summed E-state index contributed by atoms with van der Waals surface area (Å²) in [5, 5.41) is 0. The third-order valence-electron chi connectivity index (χ3n) is 2.30. The topological polar surface area (TPSA) is 32.7 Å². The lowest BCUT2D eigenvalue weighted by atomic mass is 10.0. The van der Waals surface area contributed by atoms with E-state index in [1.165, 1.54) is 0 Å². The average Bonchev–Trinajstić information content (AvgIpc) is 2.18. The van der Waals surface area contributed by atoms with Gasteiger partial charge in [0, 0.05) is 31.1 Å². The lowest BCUT2D eigenvalue weighted by Crippen LogP contribution is -2.33. The van der Waals surface area contributed by atoms with E-state index in [0.717, 1.165) is 17.7 Å². The Hall–Kier alpha value is -1.38. The number of hydrogen-bond acceptors (Lipinski definition) is 2. The quantitative estimate of drug-likeness (QED) is 0.617. The highest BCUT2D eigenvalue weighted by atomic mass is 16.2. The van der Waals surface area contributed by atoms with Gasteiger partial charge < -0.3 is 4.90 Å². The lowest BCUT2D eigenvalue weighted by Gasteiger charge is -2.29. The zero-order chi connectivity index (χ0) is 10.6. The number of carbonyl (C=O) groups is 1. The van der Waals surface area contributed by atoms with Gasteiger partial charge in [-0.05, 0) is 25.8 Å². The van der Waals surface area contributed by atoms with Gasteiger partial charge in [-0.3, -0.25) is 9.79 Å². The first kappa shape index (κ1) is 10.7. The van der Waals surface area contributed by atoms with Crippen LogP contribution in [-0.4, -0.2) is 23.6 Å². The summed E-state index contributed by atoms with van der Waals surface area (Å²) in [6.45, 7) is 8.42. The molecule has 3 nitrogen and oxygen atoms in total. The summed E-state index contributed by atoms with van der Waals surface area (Å²) in [5.74, 6) is 0.162. The number of aliphatic imine (C=N–C) groups is 1. The molecule has 0 aromatic heterocycles. The van der Waals surface area contributed by atoms with E-state index < -0.39 is 0 Å². The fourth-order valence-corrected chi connectivity index (χ4v) is 1.52. The molecule has 0 aromatic rings. The van der Waals surface area contributed by atoms with Crippen molar-refractivity contribution in [1.29, 1.82) is 0 Å². The predicted octanol–water partition coefficient (Wildman–Crippen LogP) is 2.12. The Balaban J connectivity index is 2.84. The van der Waals surface area contributed by atoms with Crippen LogP contribution < -0.4 is 0 Å². The molecule has 0 N–H and O–H groups in total. The Kier molecular flexibility index (Phi) is 3.63. The first-order valence-electron chi connectivity index (χ1n) is 4.87. The van der Waals surface area contributed by atoms with Crippen LogP contribution in [0.5, 0.6) is 0 Å². The van der Waals surface area contributed by atoms with E-state index in [-0.39, 0.29) is 5.91 Å². The van der Waals surface area contributed by atoms with Gasteiger partial charge in [0.05, 0.1) is 0 Å². The Morgan fingerprint density at radius 3 is 2.86 bits per heavy atom. The van der Waals surface area contributed by atoms with Gasteiger partial charge >= 0.3 is 0 Å². The number of rotatable bonds is 2. The Morgan fingerprint density at radius 2 is 2.29 bits per heavy atom. The molecule has 0 unspecified atom stereocenters. The van der Waals surface area contributed by atoms with Gasteiger partial charge in [0.1, 0.15) is 0 Å². The van der Waals surface area contributed by atoms with Crippen molar-refractivity contribution in [3.05, 3.63) is 24.0 Å². The average molecular weight is 192 g/mol. The molecular formula is C11H16N2O. The van der Waals surface area contributed by atoms with Crippen molar-refractivity contribution in [1.82, 2.24) is 4.90 Å². The molecule has 0 aromatic carbocycles. The molecule has 1 aliphatic rings. The number of nitrogens with zero attached hydrogens (tertiary/aromatic N) is 2. The normalized spacial score (nSPS) is 21.3. The molecule has 1 heterocycles. The van der Waals surface area contributed by atoms with Crippen LogP contribution in [0.2, 0.25) is 0 Å². The summed E-state index contributed by atoms with van der Waals surface area (Å²) in [5.41, 5.74) is 1.86. The predicted molar refractivity (Wildman–Crippen MR) is 58.0 cm³/mol. The van der Waals surface area contributed by atoms with Crippen LogP contribution in [0.1, 0.15) is 26.7 Å². The smallest absolute Gasteiger partial charge is 0.227 e. The number of allylic oxidation sites excluding steroid dienone is 1. The van der Waals surface area contributed by atoms with Crippen molar-refractivity contribution in [2.24, 2.45) is 4.99 Å². The Labute approximate surface area is 84.8 Å². The maximum atomic E-state index is 11.5. The summed E-state index contributed by atoms with van der Waals surface area (Å²) < 4.78 is 0. The Bertz CT molecular complexity index is 302. The minimum atomic E-state index is 0.162. The van der Waals surface area contributed by atoms with Gasteiger partial charge in [-0.2, -0.15) is 0 Å². The van der Waals surface area contributed by atoms with Crippen LogP contribution in [0.3, 0.4) is 0 Å². The van der Waals surface area contributed by atoms with Crippen LogP contribution >= 0.6 is 0 Å². The lowest BCUT2D eigenvalue weighted by molar-refractivity contribution is -0.129. The number of piperidine rings is 1. The molecule has 1 aliphatic heterocycles. The fraction of sp³-hybridized carbons (Fsp3) is 0.455. The molecule has 76 valence electrons. The fourth-order valence-electron chi connectivity index (χ4n) is 1.52. The molecule has 0 aliphatic carbocycles. The molecule has 3 heteroatoms. The summed E-state index contributed by atoms with van der Waals surface area (Å²) in [6, 6.07) is 0. The van der Waals surface area contributed by atoms with E-state index in [0.29, 0.717) is 13.0 Å². The van der Waals surface area contributed by atoms with Gasteiger partial charge in [-0.15, -0.1) is 0 Å². The summed E-state index contributed by atoms with van der Waals surface area (Å²) in [6.07, 6.45) is 4.84. The third kappa shape index (κ3) is 2.10. The molecule has 1 rings (SSSR count). The highest BCUT2D eigenvalue weighted by Gasteiger charge is 2.23. The summed E-state index contributed by atoms with van der Waals surface area (Å²) >= 11 is 0. The van der Waals surface area contributed by atoms with Crippen molar-refractivity contribution in [3.63, 3.8) is 0 Å². The molecular weight excluding hydrogens is 176 g/mol. The first-order chi connectivity index (χ1) is 6.70. The van der Waals surface area contributed by atoms with Gasteiger partial charge in [0.25, 0.3) is 0 Å². The zero-order valence-corrected chi connectivity index (χ0v) is 8.79. The number of likely N-dealkylation sites (tertiary alicyclic amines) is 1. The number of amides is 1. The van der Waals surface area contributed by atoms with Crippen LogP contribution in [0, 0.1) is 0 Å². The standard InChI is InChI=1S/C11H16N2O/c1-4-12-8-10-6-7-11(14)13(5-2)9(10)3/h4,8H,3,5-7H2,1-2H3/b10-8-,12-4?. The van der Waals surface area contributed by atoms with Gasteiger partial charge in [0.2, 0.25) is 5.91 Å². The van der Waals surface area contributed by atoms with Crippen LogP contribution in [0.15, 0.2) is 29.0 Å². The van der Waals surface area contributed by atoms with Crippen LogP contribution in [-0.2, 0) is 4.79 Å². The molecule has 0 spiro atoms. The number of carbonyl (C=O) groups excluding carboxylic acids is 1. The SMILES string of the molecule is C=C1/C(=C\N=CC)CCC(=O)N1CC. The molecule has 1 fully saturated rings. The first-order valence-corrected chi connectivity index (χ1v) is 4.87. The molecule has 0 radical (unpaired) electrons. The number of hydrogen-bond donors (Lipinski definition) is 0. The van der Waals surface area contributed by atoms with E-state index in [9.17, 15) is 4.79 Å². The molecule has 1 saturated heterocycles. The molecule has 0 atom stereocenters. The second-order valence-electron chi connectivity index (χ2n) is 3.15. The second kappa shape index (κ2) is 4.74. The van der Waals surface area contributed by atoms with Crippen LogP contribution in [0.4, 0.5) is 0 Å². The third-order valence-corrected chi connectivity index (χ3v) is 2.30. The highest BCUT2D eigenvalue weighted by Crippen LogP contribution is 2.25. The van der Waals surface area contributed by atoms with Gasteiger partial charge in [-0.1, -0.05) is 6.58 Å². The monoisotopic (exact) mass is 192 g/mol. The van der Waals surface area contributed by atoms with E-state index in [1.54, 1.807) is 17.3 Å². The van der Waals surface area contributed by atoms with Gasteiger partial charge in [-0.25, -0.2) is 0 Å². The largest absolute Gasteiger partial charge is 0.313 e. The van der Waals surface area contributed by atoms with E-state index in [4.69, 9.17) is 0 Å². The summed E-state index contributed by atoms with van der Waals surface area (Å²) in [4.78, 5) is 17.2. The molecule has 14 heavy (non-hydrogen) atoms. The second-order valence-corrected chi connectivity index (χ2v) is 3.15. The highest BCUT2D eigenvalue weighted by molar-refractivity contribution is 5.81. The van der Waals surface area contributed by atoms with E-state index in [2.05, 4.69) is 11.6 Å². The van der Waals surface area contributed by atoms with Gasteiger partial charge in [0.15, 0.2) is 0 Å². The van der Waals surface area contributed by atoms with Crippen molar-refractivity contribution >= 4 is 12.1 Å². The zero-order valence-electron chi connectivity index (χ0n) is 8.79. The minimum Gasteiger partial charge on any atom is -0.313 e. The van der Waals surface area contributed by atoms with Crippen molar-refractivity contribution in [2.45, 2.75) is 26.7 Å². The molecule has 0 bridgehead atoms. The number of likely N-dealkylation sites (N-methyl/N-ethyl adjacent to an activating group) is 1. The maximum absolute atomic E-state index is 11.5. The van der Waals surface area contributed by atoms with E-state index >= 15 is 0 Å². The van der Waals surface area contributed by atoms with Crippen LogP contribution in [0.25, 0.3) is 0 Å². The van der Waals surface area contributed by atoms with Crippen molar-refractivity contribution < 1.29 is 4.79 Å². The maximum Gasteiger partial charge on any atom is 0.227 e. The Morgan fingerprint density at radius 1 is 1.57 bits per heavy atom. The minimum absolute atomic E-state index is 0.162. The molecule has 1 amide bonds. The van der Waals surface area contributed by atoms with Crippen molar-refractivity contribution in [3.8, 4) is 0 Å². The molecule has 0 saturated carbocycles. The van der Waals surface area contributed by atoms with Crippen molar-refractivity contribution in [2.75, 3.05) is 6.54 Å². The summed E-state index contributed by atoms with van der Waals surface area (Å²) in [7, 11) is 0. The van der Waals surface area contributed by atoms with E-state index in [1.807, 2.05) is 13.8 Å².